The summed E-state index contributed by atoms with van der Waals surface area (Å²) < 4.78 is 10.7. The zero-order valence-corrected chi connectivity index (χ0v) is 10.9. The van der Waals surface area contributed by atoms with Crippen LogP contribution in [0.3, 0.4) is 0 Å². The Kier molecular flexibility index (Phi) is 4.84. The van der Waals surface area contributed by atoms with Crippen LogP contribution in [0.1, 0.15) is 24.0 Å². The van der Waals surface area contributed by atoms with Gasteiger partial charge in [-0.05, 0) is 62.5 Å². The fourth-order valence-corrected chi connectivity index (χ4v) is 2.06. The van der Waals surface area contributed by atoms with E-state index in [2.05, 4.69) is 18.3 Å². The summed E-state index contributed by atoms with van der Waals surface area (Å²) >= 11 is 0. The molecule has 0 bridgehead atoms. The van der Waals surface area contributed by atoms with E-state index in [4.69, 9.17) is 14.6 Å². The first-order valence-electron chi connectivity index (χ1n) is 6.52. The lowest BCUT2D eigenvalue weighted by Crippen LogP contribution is -2.19. The average molecular weight is 251 g/mol. The minimum absolute atomic E-state index is 0.281. The minimum atomic E-state index is 0.281. The van der Waals surface area contributed by atoms with Gasteiger partial charge in [-0.3, -0.25) is 0 Å². The summed E-state index contributed by atoms with van der Waals surface area (Å²) in [6.45, 7) is 4.62. The number of aliphatic hydroxyl groups is 1. The maximum atomic E-state index is 8.67. The second-order valence-corrected chi connectivity index (χ2v) is 4.56. The van der Waals surface area contributed by atoms with Crippen LogP contribution in [-0.4, -0.2) is 31.6 Å². The van der Waals surface area contributed by atoms with Gasteiger partial charge in [0.25, 0.3) is 0 Å². The Morgan fingerprint density at radius 2 is 1.94 bits per heavy atom. The first-order valence-corrected chi connectivity index (χ1v) is 6.52. The third-order valence-electron chi connectivity index (χ3n) is 3.16. The van der Waals surface area contributed by atoms with Crippen LogP contribution in [-0.2, 0) is 6.42 Å². The van der Waals surface area contributed by atoms with E-state index in [1.165, 1.54) is 11.1 Å². The smallest absolute Gasteiger partial charge is 0.231 e. The highest BCUT2D eigenvalue weighted by molar-refractivity contribution is 5.48. The zero-order valence-electron chi connectivity index (χ0n) is 10.9. The number of unbranched alkanes of at least 4 members (excludes halogenated alkanes) is 1. The summed E-state index contributed by atoms with van der Waals surface area (Å²) in [4.78, 5) is 0. The van der Waals surface area contributed by atoms with Crippen LogP contribution in [0.25, 0.3) is 0 Å². The molecule has 0 atom stereocenters. The highest BCUT2D eigenvalue weighted by atomic mass is 16.7. The Bertz CT molecular complexity index is 393. The summed E-state index contributed by atoms with van der Waals surface area (Å²) in [7, 11) is 0. The number of fused-ring (bicyclic) bond motifs is 1. The number of hydrogen-bond donors (Lipinski definition) is 2. The van der Waals surface area contributed by atoms with Crippen molar-refractivity contribution < 1.29 is 14.6 Å². The second kappa shape index (κ2) is 6.61. The first kappa shape index (κ1) is 13.2. The van der Waals surface area contributed by atoms with Gasteiger partial charge in [0.05, 0.1) is 0 Å². The largest absolute Gasteiger partial charge is 0.454 e. The van der Waals surface area contributed by atoms with E-state index < -0.39 is 0 Å². The van der Waals surface area contributed by atoms with Crippen molar-refractivity contribution in [2.45, 2.75) is 26.2 Å². The highest BCUT2D eigenvalue weighted by Crippen LogP contribution is 2.34. The predicted octanol–water partition coefficient (Wildman–Crippen LogP) is 1.63. The van der Waals surface area contributed by atoms with Crippen molar-refractivity contribution in [1.29, 1.82) is 0 Å². The molecule has 0 aromatic heterocycles. The number of benzene rings is 1. The topological polar surface area (TPSA) is 50.7 Å². The van der Waals surface area contributed by atoms with Gasteiger partial charge in [0.1, 0.15) is 0 Å². The number of nitrogens with one attached hydrogen (secondary N) is 1. The van der Waals surface area contributed by atoms with Crippen molar-refractivity contribution in [1.82, 2.24) is 5.32 Å². The lowest BCUT2D eigenvalue weighted by atomic mass is 10.0. The molecular formula is C14H21NO3. The first-order chi connectivity index (χ1) is 8.81. The van der Waals surface area contributed by atoms with Crippen molar-refractivity contribution in [3.05, 3.63) is 23.3 Å². The van der Waals surface area contributed by atoms with Crippen LogP contribution < -0.4 is 14.8 Å². The zero-order chi connectivity index (χ0) is 12.8. The van der Waals surface area contributed by atoms with E-state index in [1.54, 1.807) is 0 Å². The Balaban J connectivity index is 1.79. The second-order valence-electron chi connectivity index (χ2n) is 4.56. The van der Waals surface area contributed by atoms with Crippen LogP contribution in [0, 0.1) is 6.92 Å². The van der Waals surface area contributed by atoms with Crippen molar-refractivity contribution >= 4 is 0 Å². The number of aryl methyl sites for hydroxylation is 1. The van der Waals surface area contributed by atoms with Gasteiger partial charge < -0.3 is 19.9 Å². The monoisotopic (exact) mass is 251 g/mol. The normalized spacial score (nSPS) is 13.0. The molecule has 0 fully saturated rings. The van der Waals surface area contributed by atoms with Gasteiger partial charge in [0, 0.05) is 6.61 Å². The Hall–Kier alpha value is -1.26. The summed E-state index contributed by atoms with van der Waals surface area (Å²) in [6.07, 6.45) is 2.88. The molecule has 0 spiro atoms. The fourth-order valence-electron chi connectivity index (χ4n) is 2.06. The third-order valence-corrected chi connectivity index (χ3v) is 3.16. The molecule has 1 aliphatic heterocycles. The summed E-state index contributed by atoms with van der Waals surface area (Å²) in [6, 6.07) is 4.12. The molecule has 2 rings (SSSR count). The van der Waals surface area contributed by atoms with Gasteiger partial charge >= 0.3 is 0 Å². The lowest BCUT2D eigenvalue weighted by Gasteiger charge is -2.08. The molecular weight excluding hydrogens is 230 g/mol. The number of aliphatic hydroxyl groups excluding tert-OH is 1. The maximum absolute atomic E-state index is 8.67. The van der Waals surface area contributed by atoms with Gasteiger partial charge in [0.2, 0.25) is 6.79 Å². The Labute approximate surface area is 108 Å². The van der Waals surface area contributed by atoms with Crippen molar-refractivity contribution in [3.63, 3.8) is 0 Å². The fraction of sp³-hybridized carbons (Fsp3) is 0.571. The van der Waals surface area contributed by atoms with Gasteiger partial charge in [-0.25, -0.2) is 0 Å². The molecule has 2 N–H and O–H groups in total. The molecule has 0 radical (unpaired) electrons. The van der Waals surface area contributed by atoms with Crippen molar-refractivity contribution in [2.75, 3.05) is 26.5 Å². The molecule has 1 aromatic rings. The molecule has 0 saturated carbocycles. The molecule has 0 aliphatic carbocycles. The van der Waals surface area contributed by atoms with Crippen molar-refractivity contribution in [2.24, 2.45) is 0 Å². The SMILES string of the molecule is Cc1cc2c(cc1CCNCCCCO)OCO2. The summed E-state index contributed by atoms with van der Waals surface area (Å²) in [5, 5.41) is 12.1. The molecule has 100 valence electrons. The quantitative estimate of drug-likeness (QED) is 0.723. The van der Waals surface area contributed by atoms with E-state index in [0.717, 1.165) is 43.9 Å². The molecule has 4 nitrogen and oxygen atoms in total. The van der Waals surface area contributed by atoms with Crippen LogP contribution >= 0.6 is 0 Å². The van der Waals surface area contributed by atoms with Crippen LogP contribution in [0.4, 0.5) is 0 Å². The average Bonchev–Trinajstić information content (AvgIpc) is 2.80. The van der Waals surface area contributed by atoms with Gasteiger partial charge in [-0.15, -0.1) is 0 Å². The van der Waals surface area contributed by atoms with Crippen LogP contribution in [0.2, 0.25) is 0 Å². The molecule has 1 aromatic carbocycles. The molecule has 0 unspecified atom stereocenters. The molecule has 0 amide bonds. The van der Waals surface area contributed by atoms with Gasteiger partial charge in [0.15, 0.2) is 11.5 Å². The predicted molar refractivity (Wildman–Crippen MR) is 70.2 cm³/mol. The molecule has 1 heterocycles. The van der Waals surface area contributed by atoms with E-state index in [1.807, 2.05) is 6.07 Å². The number of hydrogen-bond acceptors (Lipinski definition) is 4. The number of ether oxygens (including phenoxy) is 2. The van der Waals surface area contributed by atoms with E-state index in [-0.39, 0.29) is 6.61 Å². The molecule has 4 heteroatoms. The number of rotatable bonds is 7. The van der Waals surface area contributed by atoms with Gasteiger partial charge in [-0.1, -0.05) is 0 Å². The Morgan fingerprint density at radius 3 is 2.72 bits per heavy atom. The minimum Gasteiger partial charge on any atom is -0.454 e. The highest BCUT2D eigenvalue weighted by Gasteiger charge is 2.15. The van der Waals surface area contributed by atoms with E-state index in [0.29, 0.717) is 6.79 Å². The lowest BCUT2D eigenvalue weighted by molar-refractivity contribution is 0.174. The Morgan fingerprint density at radius 1 is 1.17 bits per heavy atom. The molecule has 18 heavy (non-hydrogen) atoms. The molecule has 0 saturated heterocycles. The third kappa shape index (κ3) is 3.37. The van der Waals surface area contributed by atoms with Crippen LogP contribution in [0.5, 0.6) is 11.5 Å². The van der Waals surface area contributed by atoms with Gasteiger partial charge in [-0.2, -0.15) is 0 Å². The standard InChI is InChI=1S/C14H21NO3/c1-11-8-13-14(18-10-17-13)9-12(11)4-6-15-5-2-3-7-16/h8-9,15-16H,2-7,10H2,1H3. The van der Waals surface area contributed by atoms with E-state index >= 15 is 0 Å². The van der Waals surface area contributed by atoms with Crippen LogP contribution in [0.15, 0.2) is 12.1 Å². The van der Waals surface area contributed by atoms with Crippen molar-refractivity contribution in [3.8, 4) is 11.5 Å². The maximum Gasteiger partial charge on any atom is 0.231 e. The van der Waals surface area contributed by atoms with E-state index in [9.17, 15) is 0 Å². The molecule has 1 aliphatic rings. The summed E-state index contributed by atoms with van der Waals surface area (Å²) in [5.74, 6) is 1.71. The summed E-state index contributed by atoms with van der Waals surface area (Å²) in [5.41, 5.74) is 2.55.